The standard InChI is InChI=1S/C23H20ClNO2/c1-14-9-19(10-15(2)23(14)24)27-13-22(26)25-18-7-8-21-17(12-18)11-16-5-3-4-6-20(16)21/h3-10,12H,11,13H2,1-2H3,(H,25,26). The summed E-state index contributed by atoms with van der Waals surface area (Å²) in [5.74, 6) is 0.463. The second-order valence-corrected chi connectivity index (χ2v) is 7.29. The zero-order valence-electron chi connectivity index (χ0n) is 15.3. The number of benzene rings is 3. The Balaban J connectivity index is 1.41. The van der Waals surface area contributed by atoms with Crippen molar-refractivity contribution >= 4 is 23.2 Å². The molecule has 0 saturated heterocycles. The van der Waals surface area contributed by atoms with Crippen LogP contribution in [0.3, 0.4) is 0 Å². The van der Waals surface area contributed by atoms with E-state index in [1.807, 2.05) is 38.1 Å². The van der Waals surface area contributed by atoms with Crippen molar-refractivity contribution in [1.82, 2.24) is 0 Å². The molecule has 4 heteroatoms. The third-order valence-corrected chi connectivity index (χ3v) is 5.45. The van der Waals surface area contributed by atoms with Crippen molar-refractivity contribution in [3.8, 4) is 16.9 Å². The van der Waals surface area contributed by atoms with Gasteiger partial charge >= 0.3 is 0 Å². The summed E-state index contributed by atoms with van der Waals surface area (Å²) in [6, 6.07) is 18.2. The van der Waals surface area contributed by atoms with Crippen LogP contribution < -0.4 is 10.1 Å². The van der Waals surface area contributed by atoms with E-state index in [-0.39, 0.29) is 12.5 Å². The summed E-state index contributed by atoms with van der Waals surface area (Å²) in [6.07, 6.45) is 0.898. The number of aryl methyl sites for hydroxylation is 2. The van der Waals surface area contributed by atoms with Crippen molar-refractivity contribution in [3.05, 3.63) is 81.9 Å². The van der Waals surface area contributed by atoms with Crippen LogP contribution in [0.15, 0.2) is 54.6 Å². The molecule has 0 saturated carbocycles. The lowest BCUT2D eigenvalue weighted by atomic mass is 10.1. The molecule has 0 aromatic heterocycles. The minimum atomic E-state index is -0.185. The van der Waals surface area contributed by atoms with Crippen LogP contribution in [0.2, 0.25) is 5.02 Å². The Morgan fingerprint density at radius 3 is 2.48 bits per heavy atom. The van der Waals surface area contributed by atoms with Crippen molar-refractivity contribution in [1.29, 1.82) is 0 Å². The molecule has 4 rings (SSSR count). The van der Waals surface area contributed by atoms with Gasteiger partial charge in [0.2, 0.25) is 0 Å². The van der Waals surface area contributed by atoms with Gasteiger partial charge in [-0.1, -0.05) is 41.9 Å². The Kier molecular flexibility index (Phi) is 4.63. The fourth-order valence-electron chi connectivity index (χ4n) is 3.56. The molecule has 27 heavy (non-hydrogen) atoms. The first-order valence-corrected chi connectivity index (χ1v) is 9.29. The number of rotatable bonds is 4. The van der Waals surface area contributed by atoms with E-state index in [4.69, 9.17) is 16.3 Å². The molecule has 1 aliphatic rings. The van der Waals surface area contributed by atoms with Crippen LogP contribution in [0.25, 0.3) is 11.1 Å². The number of carbonyl (C=O) groups is 1. The molecule has 0 radical (unpaired) electrons. The predicted molar refractivity (Wildman–Crippen MR) is 110 cm³/mol. The minimum absolute atomic E-state index is 0.0438. The van der Waals surface area contributed by atoms with Gasteiger partial charge in [-0.15, -0.1) is 0 Å². The van der Waals surface area contributed by atoms with Crippen molar-refractivity contribution in [3.63, 3.8) is 0 Å². The van der Waals surface area contributed by atoms with Gasteiger partial charge in [-0.2, -0.15) is 0 Å². The van der Waals surface area contributed by atoms with Gasteiger partial charge in [0.15, 0.2) is 6.61 Å². The summed E-state index contributed by atoms with van der Waals surface area (Å²) < 4.78 is 5.63. The summed E-state index contributed by atoms with van der Waals surface area (Å²) >= 11 is 6.16. The summed E-state index contributed by atoms with van der Waals surface area (Å²) in [4.78, 5) is 12.3. The topological polar surface area (TPSA) is 38.3 Å². The summed E-state index contributed by atoms with van der Waals surface area (Å²) in [7, 11) is 0. The number of halogens is 1. The summed E-state index contributed by atoms with van der Waals surface area (Å²) in [5.41, 5.74) is 7.75. The normalized spacial score (nSPS) is 11.7. The van der Waals surface area contributed by atoms with Gasteiger partial charge in [0.25, 0.3) is 5.91 Å². The van der Waals surface area contributed by atoms with Crippen LogP contribution in [0.4, 0.5) is 5.69 Å². The number of fused-ring (bicyclic) bond motifs is 3. The number of amides is 1. The second-order valence-electron chi connectivity index (χ2n) is 6.91. The fraction of sp³-hybridized carbons (Fsp3) is 0.174. The molecule has 3 nitrogen and oxygen atoms in total. The van der Waals surface area contributed by atoms with Crippen molar-refractivity contribution in [2.75, 3.05) is 11.9 Å². The minimum Gasteiger partial charge on any atom is -0.484 e. The highest BCUT2D eigenvalue weighted by Crippen LogP contribution is 2.37. The lowest BCUT2D eigenvalue weighted by molar-refractivity contribution is -0.118. The number of nitrogens with one attached hydrogen (secondary N) is 1. The number of hydrogen-bond donors (Lipinski definition) is 1. The molecule has 1 amide bonds. The molecular weight excluding hydrogens is 358 g/mol. The van der Waals surface area contributed by atoms with Gasteiger partial charge in [-0.3, -0.25) is 4.79 Å². The molecule has 136 valence electrons. The first-order chi connectivity index (χ1) is 13.0. The fourth-order valence-corrected chi connectivity index (χ4v) is 3.67. The molecule has 0 unspecified atom stereocenters. The molecule has 0 spiro atoms. The zero-order chi connectivity index (χ0) is 19.0. The van der Waals surface area contributed by atoms with E-state index in [1.54, 1.807) is 0 Å². The van der Waals surface area contributed by atoms with E-state index in [1.165, 1.54) is 22.3 Å². The van der Waals surface area contributed by atoms with E-state index in [2.05, 4.69) is 35.6 Å². The molecule has 1 N–H and O–H groups in total. The smallest absolute Gasteiger partial charge is 0.262 e. The molecule has 0 bridgehead atoms. The monoisotopic (exact) mass is 377 g/mol. The molecule has 0 aliphatic heterocycles. The highest BCUT2D eigenvalue weighted by atomic mass is 35.5. The third kappa shape index (κ3) is 3.56. The molecule has 0 fully saturated rings. The number of ether oxygens (including phenoxy) is 1. The first kappa shape index (κ1) is 17.6. The Hall–Kier alpha value is -2.78. The lowest BCUT2D eigenvalue weighted by Gasteiger charge is -2.11. The van der Waals surface area contributed by atoms with Crippen LogP contribution in [0.5, 0.6) is 5.75 Å². The molecule has 3 aromatic carbocycles. The van der Waals surface area contributed by atoms with E-state index >= 15 is 0 Å². The predicted octanol–water partition coefficient (Wildman–Crippen LogP) is 5.55. The van der Waals surface area contributed by atoms with Gasteiger partial charge in [-0.05, 0) is 77.9 Å². The summed E-state index contributed by atoms with van der Waals surface area (Å²) in [6.45, 7) is 3.80. The molecule has 1 aliphatic carbocycles. The van der Waals surface area contributed by atoms with Gasteiger partial charge in [0.1, 0.15) is 5.75 Å². The van der Waals surface area contributed by atoms with Crippen LogP contribution in [-0.4, -0.2) is 12.5 Å². The molecular formula is C23H20ClNO2. The Bertz CT molecular complexity index is 1020. The van der Waals surface area contributed by atoms with Gasteiger partial charge < -0.3 is 10.1 Å². The maximum Gasteiger partial charge on any atom is 0.262 e. The molecule has 0 atom stereocenters. The van der Waals surface area contributed by atoms with Gasteiger partial charge in [0, 0.05) is 10.7 Å². The average molecular weight is 378 g/mol. The second kappa shape index (κ2) is 7.09. The van der Waals surface area contributed by atoms with Crippen LogP contribution in [0, 0.1) is 13.8 Å². The largest absolute Gasteiger partial charge is 0.484 e. The van der Waals surface area contributed by atoms with Crippen LogP contribution >= 0.6 is 11.6 Å². The molecule has 3 aromatic rings. The average Bonchev–Trinajstić information content (AvgIpc) is 3.02. The Morgan fingerprint density at radius 1 is 1.00 bits per heavy atom. The number of anilines is 1. The highest BCUT2D eigenvalue weighted by molar-refractivity contribution is 6.32. The SMILES string of the molecule is Cc1cc(OCC(=O)Nc2ccc3c(c2)Cc2ccccc2-3)cc(C)c1Cl. The van der Waals surface area contributed by atoms with E-state index in [9.17, 15) is 4.79 Å². The van der Waals surface area contributed by atoms with Crippen LogP contribution in [0.1, 0.15) is 22.3 Å². The van der Waals surface area contributed by atoms with Crippen molar-refractivity contribution in [2.45, 2.75) is 20.3 Å². The molecule has 0 heterocycles. The van der Waals surface area contributed by atoms with E-state index < -0.39 is 0 Å². The lowest BCUT2D eigenvalue weighted by Crippen LogP contribution is -2.20. The Morgan fingerprint density at radius 2 is 1.70 bits per heavy atom. The number of hydrogen-bond acceptors (Lipinski definition) is 2. The maximum atomic E-state index is 12.3. The zero-order valence-corrected chi connectivity index (χ0v) is 16.1. The van der Waals surface area contributed by atoms with Crippen LogP contribution in [-0.2, 0) is 11.2 Å². The summed E-state index contributed by atoms with van der Waals surface area (Å²) in [5, 5.41) is 3.65. The quantitative estimate of drug-likeness (QED) is 0.506. The maximum absolute atomic E-state index is 12.3. The highest BCUT2D eigenvalue weighted by Gasteiger charge is 2.18. The van der Waals surface area contributed by atoms with Crippen molar-refractivity contribution in [2.24, 2.45) is 0 Å². The number of carbonyl (C=O) groups excluding carboxylic acids is 1. The van der Waals surface area contributed by atoms with E-state index in [0.717, 1.165) is 28.3 Å². The van der Waals surface area contributed by atoms with E-state index in [0.29, 0.717) is 5.75 Å². The van der Waals surface area contributed by atoms with Crippen molar-refractivity contribution < 1.29 is 9.53 Å². The third-order valence-electron chi connectivity index (χ3n) is 4.86. The first-order valence-electron chi connectivity index (χ1n) is 8.92. The van der Waals surface area contributed by atoms with Gasteiger partial charge in [-0.25, -0.2) is 0 Å². The van der Waals surface area contributed by atoms with Gasteiger partial charge in [0.05, 0.1) is 0 Å². The Labute approximate surface area is 163 Å².